The van der Waals surface area contributed by atoms with Gasteiger partial charge in [-0.2, -0.15) is 8.42 Å². The third-order valence-corrected chi connectivity index (χ3v) is 6.70. The van der Waals surface area contributed by atoms with Gasteiger partial charge in [0.05, 0.1) is 0 Å². The van der Waals surface area contributed by atoms with Gasteiger partial charge in [0, 0.05) is 14.5 Å². The summed E-state index contributed by atoms with van der Waals surface area (Å²) < 4.78 is 31.0. The summed E-state index contributed by atoms with van der Waals surface area (Å²) in [6.07, 6.45) is 1.40. The van der Waals surface area contributed by atoms with Gasteiger partial charge < -0.3 is 0 Å². The van der Waals surface area contributed by atoms with Crippen molar-refractivity contribution < 1.29 is 13.0 Å². The molecule has 0 radical (unpaired) electrons. The van der Waals surface area contributed by atoms with Crippen molar-refractivity contribution in [2.45, 2.75) is 32.6 Å². The molecule has 7 heteroatoms. The van der Waals surface area contributed by atoms with E-state index in [2.05, 4.69) is 47.8 Å². The number of hydrogen-bond donors (Lipinski definition) is 1. The van der Waals surface area contributed by atoms with Crippen LogP contribution in [0.15, 0.2) is 0 Å². The quantitative estimate of drug-likeness (QED) is 0.543. The summed E-state index contributed by atoms with van der Waals surface area (Å²) in [6, 6.07) is 0. The van der Waals surface area contributed by atoms with Gasteiger partial charge in [-0.3, -0.25) is 4.55 Å². The van der Waals surface area contributed by atoms with Crippen molar-refractivity contribution in [3.63, 3.8) is 0 Å². The van der Waals surface area contributed by atoms with E-state index >= 15 is 0 Å². The highest BCUT2D eigenvalue weighted by atomic mass is 79.9. The van der Waals surface area contributed by atoms with Gasteiger partial charge in [-0.05, 0) is 12.8 Å². The van der Waals surface area contributed by atoms with Crippen LogP contribution in [-0.2, 0) is 10.1 Å². The second-order valence-corrected chi connectivity index (χ2v) is 8.30. The SMILES string of the molecule is O=S(=O)(O)C1C(Br)CC(Br)CC1Br. The molecule has 1 fully saturated rings. The fraction of sp³-hybridized carbons (Fsp3) is 1.00. The minimum atomic E-state index is -3.96. The molecule has 78 valence electrons. The molecule has 2 unspecified atom stereocenters. The molecule has 3 nitrogen and oxygen atoms in total. The van der Waals surface area contributed by atoms with E-state index in [1.807, 2.05) is 0 Å². The average molecular weight is 401 g/mol. The van der Waals surface area contributed by atoms with Gasteiger partial charge in [0.25, 0.3) is 10.1 Å². The van der Waals surface area contributed by atoms with Crippen molar-refractivity contribution in [3.05, 3.63) is 0 Å². The summed E-state index contributed by atoms with van der Waals surface area (Å²) in [4.78, 5) is -0.116. The maximum absolute atomic E-state index is 11.0. The zero-order chi connectivity index (χ0) is 10.2. The maximum Gasteiger partial charge on any atom is 0.269 e. The van der Waals surface area contributed by atoms with E-state index in [0.29, 0.717) is 17.7 Å². The van der Waals surface area contributed by atoms with E-state index in [4.69, 9.17) is 4.55 Å². The first-order valence-corrected chi connectivity index (χ1v) is 7.96. The highest BCUT2D eigenvalue weighted by Crippen LogP contribution is 2.36. The number of halogens is 3. The zero-order valence-corrected chi connectivity index (χ0v) is 12.1. The lowest BCUT2D eigenvalue weighted by Gasteiger charge is -2.32. The lowest BCUT2D eigenvalue weighted by molar-refractivity contribution is 0.443. The molecule has 1 aliphatic carbocycles. The molecule has 1 rings (SSSR count). The Kier molecular flexibility index (Phi) is 4.27. The van der Waals surface area contributed by atoms with Crippen LogP contribution in [0.2, 0.25) is 0 Å². The molecule has 0 bridgehead atoms. The van der Waals surface area contributed by atoms with E-state index in [0.717, 1.165) is 0 Å². The first-order valence-electron chi connectivity index (χ1n) is 3.71. The monoisotopic (exact) mass is 398 g/mol. The molecule has 0 aromatic heterocycles. The smallest absolute Gasteiger partial charge is 0.269 e. The summed E-state index contributed by atoms with van der Waals surface area (Å²) in [5, 5.41) is -0.749. The molecule has 13 heavy (non-hydrogen) atoms. The molecule has 1 aliphatic rings. The third kappa shape index (κ3) is 3.15. The minimum Gasteiger partial charge on any atom is -0.285 e. The van der Waals surface area contributed by atoms with Crippen LogP contribution < -0.4 is 0 Å². The van der Waals surface area contributed by atoms with Crippen molar-refractivity contribution in [2.24, 2.45) is 0 Å². The largest absolute Gasteiger partial charge is 0.285 e. The maximum atomic E-state index is 11.0. The predicted molar refractivity (Wildman–Crippen MR) is 62.7 cm³/mol. The molecule has 1 N–H and O–H groups in total. The lowest BCUT2D eigenvalue weighted by atomic mass is 10.00. The van der Waals surface area contributed by atoms with Crippen molar-refractivity contribution in [1.29, 1.82) is 0 Å². The van der Waals surface area contributed by atoms with Crippen molar-refractivity contribution in [3.8, 4) is 0 Å². The molecule has 0 aromatic carbocycles. The molecule has 2 atom stereocenters. The van der Waals surface area contributed by atoms with Crippen molar-refractivity contribution in [1.82, 2.24) is 0 Å². The predicted octanol–water partition coefficient (Wildman–Crippen LogP) is 2.33. The first kappa shape index (κ1) is 12.4. The summed E-state index contributed by atoms with van der Waals surface area (Å²) >= 11 is 9.97. The fourth-order valence-corrected chi connectivity index (χ4v) is 7.92. The van der Waals surface area contributed by atoms with Gasteiger partial charge in [0.1, 0.15) is 5.25 Å². The Labute approximate surface area is 103 Å². The van der Waals surface area contributed by atoms with Crippen molar-refractivity contribution in [2.75, 3.05) is 0 Å². The number of rotatable bonds is 1. The van der Waals surface area contributed by atoms with E-state index in [1.165, 1.54) is 0 Å². The molecule has 1 saturated carbocycles. The van der Waals surface area contributed by atoms with Crippen LogP contribution in [0, 0.1) is 0 Å². The van der Waals surface area contributed by atoms with Gasteiger partial charge in [-0.1, -0.05) is 47.8 Å². The van der Waals surface area contributed by atoms with Gasteiger partial charge in [0.15, 0.2) is 0 Å². The molecule has 0 saturated heterocycles. The molecule has 0 aliphatic heterocycles. The van der Waals surface area contributed by atoms with Gasteiger partial charge in [0.2, 0.25) is 0 Å². The molecular weight excluding hydrogens is 392 g/mol. The summed E-state index contributed by atoms with van der Waals surface area (Å²) in [7, 11) is -3.96. The second kappa shape index (κ2) is 4.47. The Balaban J connectivity index is 2.85. The number of alkyl halides is 3. The number of hydrogen-bond acceptors (Lipinski definition) is 2. The molecular formula is C6H9Br3O3S. The third-order valence-electron chi connectivity index (χ3n) is 2.02. The topological polar surface area (TPSA) is 54.4 Å². The minimum absolute atomic E-state index is 0.204. The first-order chi connectivity index (χ1) is 5.82. The summed E-state index contributed by atoms with van der Waals surface area (Å²) in [5.74, 6) is 0. The summed E-state index contributed by atoms with van der Waals surface area (Å²) in [6.45, 7) is 0. The van der Waals surface area contributed by atoms with Crippen LogP contribution in [-0.4, -0.2) is 32.7 Å². The van der Waals surface area contributed by atoms with Crippen LogP contribution in [0.1, 0.15) is 12.8 Å². The van der Waals surface area contributed by atoms with E-state index in [-0.39, 0.29) is 9.65 Å². The van der Waals surface area contributed by atoms with Crippen LogP contribution in [0.4, 0.5) is 0 Å². The zero-order valence-electron chi connectivity index (χ0n) is 6.53. The fourth-order valence-electron chi connectivity index (χ4n) is 1.45. The molecule has 0 amide bonds. The van der Waals surface area contributed by atoms with Crippen LogP contribution in [0.5, 0.6) is 0 Å². The Morgan fingerprint density at radius 1 is 1.08 bits per heavy atom. The average Bonchev–Trinajstić information content (AvgIpc) is 1.78. The van der Waals surface area contributed by atoms with E-state index < -0.39 is 15.4 Å². The van der Waals surface area contributed by atoms with E-state index in [9.17, 15) is 8.42 Å². The highest BCUT2D eigenvalue weighted by Gasteiger charge is 2.41. The molecule has 0 aromatic rings. The molecule has 0 spiro atoms. The Morgan fingerprint density at radius 3 is 1.77 bits per heavy atom. The van der Waals surface area contributed by atoms with Gasteiger partial charge in [-0.15, -0.1) is 0 Å². The van der Waals surface area contributed by atoms with Crippen LogP contribution >= 0.6 is 47.8 Å². The molecule has 0 heterocycles. The van der Waals surface area contributed by atoms with Crippen LogP contribution in [0.3, 0.4) is 0 Å². The Morgan fingerprint density at radius 2 is 1.46 bits per heavy atom. The van der Waals surface area contributed by atoms with Gasteiger partial charge in [-0.25, -0.2) is 0 Å². The van der Waals surface area contributed by atoms with Crippen LogP contribution in [0.25, 0.3) is 0 Å². The Hall–Kier alpha value is 1.35. The Bertz CT molecular complexity index is 267. The standard InChI is InChI=1S/C6H9Br3O3S/c7-3-1-4(8)6(5(9)2-3)13(10,11)12/h3-6H,1-2H2,(H,10,11,12). The van der Waals surface area contributed by atoms with Gasteiger partial charge >= 0.3 is 0 Å². The highest BCUT2D eigenvalue weighted by molar-refractivity contribution is 9.10. The van der Waals surface area contributed by atoms with E-state index in [1.54, 1.807) is 0 Å². The lowest BCUT2D eigenvalue weighted by Crippen LogP contribution is -2.44. The second-order valence-electron chi connectivity index (χ2n) is 3.08. The normalized spacial score (nSPS) is 41.8. The summed E-state index contributed by atoms with van der Waals surface area (Å²) in [5.41, 5.74) is 0. The van der Waals surface area contributed by atoms with Crippen molar-refractivity contribution >= 4 is 57.9 Å².